The quantitative estimate of drug-likeness (QED) is 0.404. The third kappa shape index (κ3) is 5.33. The highest BCUT2D eigenvalue weighted by atomic mass is 35.5. The molecule has 2 amide bonds. The number of rotatable bonds is 6. The first-order valence-corrected chi connectivity index (χ1v) is 14.8. The van der Waals surface area contributed by atoms with E-state index in [1.807, 2.05) is 42.5 Å². The van der Waals surface area contributed by atoms with Gasteiger partial charge in [-0.1, -0.05) is 35.9 Å². The molecule has 2 aliphatic rings. The lowest BCUT2D eigenvalue weighted by Crippen LogP contribution is -2.38. The zero-order valence-corrected chi connectivity index (χ0v) is 22.5. The van der Waals surface area contributed by atoms with Crippen LogP contribution in [0.25, 0.3) is 0 Å². The molecule has 2 fully saturated rings. The van der Waals surface area contributed by atoms with E-state index in [1.54, 1.807) is 11.0 Å². The van der Waals surface area contributed by atoms with E-state index in [2.05, 4.69) is 5.32 Å². The number of carbonyl (C=O) groups is 2. The zero-order valence-electron chi connectivity index (χ0n) is 20.9. The summed E-state index contributed by atoms with van der Waals surface area (Å²) in [6.45, 7) is 0.874. The van der Waals surface area contributed by atoms with E-state index in [0.29, 0.717) is 31.0 Å². The van der Waals surface area contributed by atoms with Gasteiger partial charge in [0.05, 0.1) is 15.9 Å². The fourth-order valence-electron chi connectivity index (χ4n) is 5.13. The van der Waals surface area contributed by atoms with Gasteiger partial charge in [-0.05, 0) is 85.2 Å². The van der Waals surface area contributed by atoms with Gasteiger partial charge in [-0.25, -0.2) is 12.8 Å². The van der Waals surface area contributed by atoms with Gasteiger partial charge in [0, 0.05) is 30.1 Å². The number of anilines is 1. The van der Waals surface area contributed by atoms with Gasteiger partial charge in [0.1, 0.15) is 5.82 Å². The van der Waals surface area contributed by atoms with Crippen molar-refractivity contribution in [2.75, 3.05) is 24.7 Å². The first-order valence-electron chi connectivity index (χ1n) is 12.5. The number of likely N-dealkylation sites (tertiary alicyclic amines) is 1. The Morgan fingerprint density at radius 2 is 1.68 bits per heavy atom. The van der Waals surface area contributed by atoms with Crippen LogP contribution >= 0.6 is 11.6 Å². The molecule has 0 radical (unpaired) electrons. The van der Waals surface area contributed by atoms with Crippen molar-refractivity contribution in [1.82, 2.24) is 4.90 Å². The standard InChI is InChI=1S/C29H28ClFN2O4S/c1-38(36,37)24-9-10-26(31)25(18-24)27(34)33-15-11-20(12-16-33)19-5-7-23(8-6-19)32-28(35)29(13-14-29)21-3-2-4-22(30)17-21/h2-10,17-18,20H,11-16H2,1H3,(H,32,35). The van der Waals surface area contributed by atoms with Crippen LogP contribution in [0.3, 0.4) is 0 Å². The van der Waals surface area contributed by atoms with E-state index < -0.39 is 27.0 Å². The molecule has 38 heavy (non-hydrogen) atoms. The summed E-state index contributed by atoms with van der Waals surface area (Å²) in [5.41, 5.74) is 2.02. The summed E-state index contributed by atoms with van der Waals surface area (Å²) in [5, 5.41) is 3.66. The number of carbonyl (C=O) groups excluding carboxylic acids is 2. The van der Waals surface area contributed by atoms with Crippen LogP contribution in [-0.2, 0) is 20.0 Å². The molecule has 6 nitrogen and oxygen atoms in total. The highest BCUT2D eigenvalue weighted by Crippen LogP contribution is 2.49. The number of benzene rings is 3. The van der Waals surface area contributed by atoms with Crippen molar-refractivity contribution in [1.29, 1.82) is 0 Å². The maximum atomic E-state index is 14.3. The number of hydrogen-bond donors (Lipinski definition) is 1. The molecule has 0 unspecified atom stereocenters. The third-order valence-electron chi connectivity index (χ3n) is 7.58. The minimum atomic E-state index is -3.55. The van der Waals surface area contributed by atoms with Crippen molar-refractivity contribution < 1.29 is 22.4 Å². The Bertz CT molecular complexity index is 1500. The second-order valence-corrected chi connectivity index (χ2v) is 12.6. The predicted molar refractivity (Wildman–Crippen MR) is 145 cm³/mol. The molecule has 1 N–H and O–H groups in total. The van der Waals surface area contributed by atoms with Crippen molar-refractivity contribution in [2.24, 2.45) is 0 Å². The second-order valence-electron chi connectivity index (χ2n) is 10.1. The van der Waals surface area contributed by atoms with Gasteiger partial charge in [0.15, 0.2) is 9.84 Å². The van der Waals surface area contributed by atoms with Crippen LogP contribution in [0.4, 0.5) is 10.1 Å². The maximum absolute atomic E-state index is 14.3. The molecule has 1 saturated carbocycles. The monoisotopic (exact) mass is 554 g/mol. The lowest BCUT2D eigenvalue weighted by atomic mass is 9.89. The Labute approximate surface area is 226 Å². The Morgan fingerprint density at radius 1 is 1.00 bits per heavy atom. The van der Waals surface area contributed by atoms with Crippen LogP contribution in [0, 0.1) is 5.82 Å². The minimum Gasteiger partial charge on any atom is -0.339 e. The summed E-state index contributed by atoms with van der Waals surface area (Å²) >= 11 is 6.13. The second kappa shape index (κ2) is 10.2. The lowest BCUT2D eigenvalue weighted by molar-refractivity contribution is -0.118. The summed E-state index contributed by atoms with van der Waals surface area (Å²) in [4.78, 5) is 27.5. The first kappa shape index (κ1) is 26.4. The smallest absolute Gasteiger partial charge is 0.256 e. The molecule has 0 spiro atoms. The predicted octanol–water partition coefficient (Wildman–Crippen LogP) is 5.57. The van der Waals surface area contributed by atoms with Crippen molar-refractivity contribution in [3.05, 3.63) is 94.3 Å². The maximum Gasteiger partial charge on any atom is 0.256 e. The Kier molecular flexibility index (Phi) is 7.05. The Balaban J connectivity index is 1.20. The summed E-state index contributed by atoms with van der Waals surface area (Å²) in [5.74, 6) is -1.05. The number of amides is 2. The molecule has 0 bridgehead atoms. The van der Waals surface area contributed by atoms with Crippen LogP contribution in [0.1, 0.15) is 53.1 Å². The topological polar surface area (TPSA) is 83.6 Å². The van der Waals surface area contributed by atoms with Crippen molar-refractivity contribution in [2.45, 2.75) is 41.9 Å². The van der Waals surface area contributed by atoms with Gasteiger partial charge in [-0.15, -0.1) is 0 Å². The molecule has 5 rings (SSSR count). The van der Waals surface area contributed by atoms with Gasteiger partial charge in [-0.3, -0.25) is 9.59 Å². The zero-order chi connectivity index (χ0) is 27.1. The van der Waals surface area contributed by atoms with E-state index >= 15 is 0 Å². The molecular formula is C29H28ClFN2O4S. The molecule has 0 aromatic heterocycles. The van der Waals surface area contributed by atoms with Crippen LogP contribution in [0.15, 0.2) is 71.6 Å². The van der Waals surface area contributed by atoms with Gasteiger partial charge >= 0.3 is 0 Å². The summed E-state index contributed by atoms with van der Waals surface area (Å²) in [6, 6.07) is 18.5. The normalized spacial score (nSPS) is 17.2. The minimum absolute atomic E-state index is 0.0356. The molecule has 198 valence electrons. The molecule has 1 aliphatic heterocycles. The average molecular weight is 555 g/mol. The van der Waals surface area contributed by atoms with Crippen LogP contribution in [0.2, 0.25) is 5.02 Å². The molecule has 1 saturated heterocycles. The highest BCUT2D eigenvalue weighted by Gasteiger charge is 2.51. The molecule has 9 heteroatoms. The number of nitrogens with zero attached hydrogens (tertiary/aromatic N) is 1. The molecule has 1 heterocycles. The average Bonchev–Trinajstić information content (AvgIpc) is 3.71. The van der Waals surface area contributed by atoms with Crippen LogP contribution in [-0.4, -0.2) is 44.5 Å². The van der Waals surface area contributed by atoms with Gasteiger partial charge in [0.25, 0.3) is 5.91 Å². The fraction of sp³-hybridized carbons (Fsp3) is 0.310. The van der Waals surface area contributed by atoms with E-state index in [4.69, 9.17) is 11.6 Å². The van der Waals surface area contributed by atoms with Crippen molar-refractivity contribution in [3.8, 4) is 0 Å². The Hall–Kier alpha value is -3.23. The third-order valence-corrected chi connectivity index (χ3v) is 8.93. The molecule has 3 aromatic carbocycles. The number of nitrogens with one attached hydrogen (secondary N) is 1. The van der Waals surface area contributed by atoms with Crippen molar-refractivity contribution in [3.63, 3.8) is 0 Å². The largest absolute Gasteiger partial charge is 0.339 e. The molecular weight excluding hydrogens is 527 g/mol. The summed E-state index contributed by atoms with van der Waals surface area (Å²) in [6.07, 6.45) is 4.00. The number of halogens is 2. The van der Waals surface area contributed by atoms with E-state index in [-0.39, 0.29) is 22.3 Å². The number of sulfone groups is 1. The van der Waals surface area contributed by atoms with Gasteiger partial charge in [0.2, 0.25) is 5.91 Å². The number of hydrogen-bond acceptors (Lipinski definition) is 4. The molecule has 0 atom stereocenters. The van der Waals surface area contributed by atoms with E-state index in [0.717, 1.165) is 48.0 Å². The molecule has 3 aromatic rings. The van der Waals surface area contributed by atoms with Crippen LogP contribution in [0.5, 0.6) is 0 Å². The first-order chi connectivity index (χ1) is 18.1. The SMILES string of the molecule is CS(=O)(=O)c1ccc(F)c(C(=O)N2CCC(c3ccc(NC(=O)C4(c5cccc(Cl)c5)CC4)cc3)CC2)c1. The van der Waals surface area contributed by atoms with E-state index in [9.17, 15) is 22.4 Å². The van der Waals surface area contributed by atoms with Crippen molar-refractivity contribution >= 4 is 38.9 Å². The van der Waals surface area contributed by atoms with Gasteiger partial charge < -0.3 is 10.2 Å². The summed E-state index contributed by atoms with van der Waals surface area (Å²) < 4.78 is 38.0. The molecule has 1 aliphatic carbocycles. The highest BCUT2D eigenvalue weighted by molar-refractivity contribution is 7.90. The van der Waals surface area contributed by atoms with Crippen LogP contribution < -0.4 is 5.32 Å². The number of piperidine rings is 1. The van der Waals surface area contributed by atoms with Gasteiger partial charge in [-0.2, -0.15) is 0 Å². The Morgan fingerprint density at radius 3 is 2.29 bits per heavy atom. The summed E-state index contributed by atoms with van der Waals surface area (Å²) in [7, 11) is -3.55. The van der Waals surface area contributed by atoms with E-state index in [1.165, 1.54) is 6.07 Å². The fourth-order valence-corrected chi connectivity index (χ4v) is 5.97. The lowest BCUT2D eigenvalue weighted by Gasteiger charge is -2.32.